The van der Waals surface area contributed by atoms with E-state index in [-0.39, 0.29) is 29.3 Å². The summed E-state index contributed by atoms with van der Waals surface area (Å²) in [7, 11) is 1.90. The molecule has 0 aliphatic rings. The number of aromatic nitrogens is 4. The van der Waals surface area contributed by atoms with Crippen molar-refractivity contribution in [1.82, 2.24) is 24.4 Å². The largest absolute Gasteiger partial charge is 0.341 e. The highest BCUT2D eigenvalue weighted by molar-refractivity contribution is 7.99. The fourth-order valence-corrected chi connectivity index (χ4v) is 4.55. The van der Waals surface area contributed by atoms with Crippen LogP contribution in [-0.2, 0) is 11.8 Å². The van der Waals surface area contributed by atoms with Gasteiger partial charge in [-0.25, -0.2) is 9.97 Å². The number of carbonyl (C=O) groups excluding carboxylic acids is 1. The molecule has 2 heterocycles. The van der Waals surface area contributed by atoms with Crippen LogP contribution in [0.4, 0.5) is 0 Å². The SMILES string of the molecule is CC(C)n1c(SCC(=O)N[C@H](c2ccccc2)c2nccn2C)nc2ccccc2c1=O. The van der Waals surface area contributed by atoms with E-state index in [9.17, 15) is 9.59 Å². The van der Waals surface area contributed by atoms with Crippen molar-refractivity contribution in [3.63, 3.8) is 0 Å². The van der Waals surface area contributed by atoms with Gasteiger partial charge in [0.25, 0.3) is 5.56 Å². The molecule has 0 saturated carbocycles. The van der Waals surface area contributed by atoms with Crippen LogP contribution in [0.25, 0.3) is 10.9 Å². The molecule has 0 spiro atoms. The Hall–Kier alpha value is -3.39. The minimum absolute atomic E-state index is 0.0743. The first kappa shape index (κ1) is 21.8. The van der Waals surface area contributed by atoms with Crippen LogP contribution >= 0.6 is 11.8 Å². The molecule has 32 heavy (non-hydrogen) atoms. The molecule has 1 N–H and O–H groups in total. The molecule has 0 unspecified atom stereocenters. The predicted molar refractivity (Wildman–Crippen MR) is 127 cm³/mol. The number of carbonyl (C=O) groups is 1. The zero-order valence-corrected chi connectivity index (χ0v) is 19.0. The Bertz CT molecular complexity index is 1300. The third-order valence-corrected chi connectivity index (χ3v) is 6.13. The fourth-order valence-electron chi connectivity index (χ4n) is 3.61. The third-order valence-electron chi connectivity index (χ3n) is 5.18. The van der Waals surface area contributed by atoms with E-state index in [1.807, 2.05) is 80.2 Å². The van der Waals surface area contributed by atoms with Crippen LogP contribution < -0.4 is 10.9 Å². The second-order valence-electron chi connectivity index (χ2n) is 7.78. The monoisotopic (exact) mass is 447 g/mol. The number of rotatable bonds is 7. The van der Waals surface area contributed by atoms with E-state index in [0.717, 1.165) is 11.4 Å². The van der Waals surface area contributed by atoms with Crippen LogP contribution in [0.1, 0.15) is 37.3 Å². The summed E-state index contributed by atoms with van der Waals surface area (Å²) in [5, 5.41) is 4.20. The van der Waals surface area contributed by atoms with Gasteiger partial charge < -0.3 is 9.88 Å². The van der Waals surface area contributed by atoms with Gasteiger partial charge in [-0.1, -0.05) is 54.2 Å². The minimum atomic E-state index is -0.374. The molecular formula is C24H25N5O2S. The lowest BCUT2D eigenvalue weighted by Gasteiger charge is -2.20. The maximum absolute atomic E-state index is 13.0. The Morgan fingerprint density at radius 2 is 1.81 bits per heavy atom. The molecule has 2 aromatic heterocycles. The molecule has 0 radical (unpaired) electrons. The lowest BCUT2D eigenvalue weighted by atomic mass is 10.1. The number of hydrogen-bond donors (Lipinski definition) is 1. The number of thioether (sulfide) groups is 1. The van der Waals surface area contributed by atoms with Gasteiger partial charge in [0.05, 0.1) is 16.7 Å². The zero-order valence-electron chi connectivity index (χ0n) is 18.2. The standard InChI is InChI=1S/C24H25N5O2S/c1-16(2)29-23(31)18-11-7-8-12-19(18)26-24(29)32-15-20(30)27-21(17-9-5-4-6-10-17)22-25-13-14-28(22)3/h4-14,16,21H,15H2,1-3H3,(H,27,30)/t21-/m1/s1. The average Bonchev–Trinajstić information content (AvgIpc) is 3.22. The van der Waals surface area contributed by atoms with E-state index in [0.29, 0.717) is 16.1 Å². The first-order valence-electron chi connectivity index (χ1n) is 10.4. The number of para-hydroxylation sites is 1. The van der Waals surface area contributed by atoms with E-state index >= 15 is 0 Å². The molecule has 0 aliphatic carbocycles. The van der Waals surface area contributed by atoms with Crippen LogP contribution in [0.15, 0.2) is 76.9 Å². The van der Waals surface area contributed by atoms with Gasteiger partial charge in [-0.2, -0.15) is 0 Å². The van der Waals surface area contributed by atoms with Crippen molar-refractivity contribution < 1.29 is 4.79 Å². The molecule has 7 nitrogen and oxygen atoms in total. The normalized spacial score (nSPS) is 12.2. The molecule has 8 heteroatoms. The number of aryl methyl sites for hydroxylation is 1. The van der Waals surface area contributed by atoms with Gasteiger partial charge in [0, 0.05) is 25.5 Å². The van der Waals surface area contributed by atoms with E-state index in [4.69, 9.17) is 0 Å². The van der Waals surface area contributed by atoms with E-state index in [1.165, 1.54) is 11.8 Å². The summed E-state index contributed by atoms with van der Waals surface area (Å²) in [5.74, 6) is 0.715. The number of nitrogens with zero attached hydrogens (tertiary/aromatic N) is 4. The van der Waals surface area contributed by atoms with Crippen molar-refractivity contribution >= 4 is 28.6 Å². The summed E-state index contributed by atoms with van der Waals surface area (Å²) in [6, 6.07) is 16.6. The number of nitrogens with one attached hydrogen (secondary N) is 1. The summed E-state index contributed by atoms with van der Waals surface area (Å²) in [4.78, 5) is 35.0. The Morgan fingerprint density at radius 1 is 1.09 bits per heavy atom. The molecule has 0 saturated heterocycles. The Kier molecular flexibility index (Phi) is 6.41. The van der Waals surface area contributed by atoms with Gasteiger partial charge in [-0.05, 0) is 31.5 Å². The van der Waals surface area contributed by atoms with Crippen LogP contribution in [0.5, 0.6) is 0 Å². The molecule has 4 rings (SSSR count). The van der Waals surface area contributed by atoms with Crippen molar-refractivity contribution in [3.05, 3.63) is 88.7 Å². The summed E-state index contributed by atoms with van der Waals surface area (Å²) in [6.07, 6.45) is 3.57. The topological polar surface area (TPSA) is 81.8 Å². The van der Waals surface area contributed by atoms with E-state index in [2.05, 4.69) is 15.3 Å². The zero-order chi connectivity index (χ0) is 22.7. The van der Waals surface area contributed by atoms with Crippen LogP contribution in [0.2, 0.25) is 0 Å². The number of hydrogen-bond acceptors (Lipinski definition) is 5. The van der Waals surface area contributed by atoms with Crippen molar-refractivity contribution in [2.45, 2.75) is 31.1 Å². The molecule has 164 valence electrons. The molecule has 0 aliphatic heterocycles. The van der Waals surface area contributed by atoms with Gasteiger partial charge in [-0.15, -0.1) is 0 Å². The molecule has 4 aromatic rings. The van der Waals surface area contributed by atoms with Gasteiger partial charge in [0.1, 0.15) is 11.9 Å². The molecule has 0 fully saturated rings. The van der Waals surface area contributed by atoms with Crippen LogP contribution in [0.3, 0.4) is 0 Å². The second-order valence-corrected chi connectivity index (χ2v) is 8.72. The van der Waals surface area contributed by atoms with E-state index < -0.39 is 0 Å². The van der Waals surface area contributed by atoms with Gasteiger partial charge in [0.2, 0.25) is 5.91 Å². The summed E-state index contributed by atoms with van der Waals surface area (Å²) in [6.45, 7) is 3.88. The Labute approximate surface area is 190 Å². The number of imidazole rings is 1. The first-order valence-corrected chi connectivity index (χ1v) is 11.4. The van der Waals surface area contributed by atoms with Gasteiger partial charge >= 0.3 is 0 Å². The summed E-state index contributed by atoms with van der Waals surface area (Å²) < 4.78 is 3.54. The highest BCUT2D eigenvalue weighted by Gasteiger charge is 2.21. The highest BCUT2D eigenvalue weighted by atomic mass is 32.2. The van der Waals surface area contributed by atoms with Crippen LogP contribution in [0, 0.1) is 0 Å². The third kappa shape index (κ3) is 4.45. The number of fused-ring (bicyclic) bond motifs is 1. The lowest BCUT2D eigenvalue weighted by Crippen LogP contribution is -2.32. The van der Waals surface area contributed by atoms with Crippen molar-refractivity contribution in [2.75, 3.05) is 5.75 Å². The Morgan fingerprint density at radius 3 is 2.50 bits per heavy atom. The minimum Gasteiger partial charge on any atom is -0.341 e. The highest BCUT2D eigenvalue weighted by Crippen LogP contribution is 2.23. The average molecular weight is 448 g/mol. The van der Waals surface area contributed by atoms with Crippen LogP contribution in [-0.4, -0.2) is 30.8 Å². The summed E-state index contributed by atoms with van der Waals surface area (Å²) >= 11 is 1.26. The fraction of sp³-hybridized carbons (Fsp3) is 0.250. The second kappa shape index (κ2) is 9.40. The van der Waals surface area contributed by atoms with Crippen molar-refractivity contribution in [3.8, 4) is 0 Å². The number of amides is 1. The molecule has 1 amide bonds. The predicted octanol–water partition coefficient (Wildman–Crippen LogP) is 3.71. The van der Waals surface area contributed by atoms with Crippen molar-refractivity contribution in [1.29, 1.82) is 0 Å². The van der Waals surface area contributed by atoms with Gasteiger partial charge in [0.15, 0.2) is 5.16 Å². The molecule has 1 atom stereocenters. The van der Waals surface area contributed by atoms with Gasteiger partial charge in [-0.3, -0.25) is 14.2 Å². The maximum Gasteiger partial charge on any atom is 0.262 e. The molecular weight excluding hydrogens is 422 g/mol. The molecule has 2 aromatic carbocycles. The summed E-state index contributed by atoms with van der Waals surface area (Å²) in [5.41, 5.74) is 1.49. The number of benzene rings is 2. The Balaban J connectivity index is 1.58. The lowest BCUT2D eigenvalue weighted by molar-refractivity contribution is -0.119. The smallest absolute Gasteiger partial charge is 0.262 e. The quantitative estimate of drug-likeness (QED) is 0.345. The first-order chi connectivity index (χ1) is 15.5. The maximum atomic E-state index is 13.0. The molecule has 0 bridgehead atoms. The van der Waals surface area contributed by atoms with E-state index in [1.54, 1.807) is 16.8 Å². The van der Waals surface area contributed by atoms with Crippen molar-refractivity contribution in [2.24, 2.45) is 7.05 Å².